The Morgan fingerprint density at radius 3 is 2.40 bits per heavy atom. The van der Waals surface area contributed by atoms with E-state index in [-0.39, 0.29) is 15.6 Å². The molecule has 0 unspecified atom stereocenters. The molecule has 0 saturated carbocycles. The first kappa shape index (κ1) is 10.5. The lowest BCUT2D eigenvalue weighted by Crippen LogP contribution is -1.99. The molecule has 0 aliphatic rings. The van der Waals surface area contributed by atoms with E-state index in [0.29, 0.717) is 0 Å². The second-order valence-corrected chi connectivity index (χ2v) is 4.20. The van der Waals surface area contributed by atoms with Gasteiger partial charge in [0.05, 0.1) is 0 Å². The summed E-state index contributed by atoms with van der Waals surface area (Å²) in [7, 11) is 0. The van der Waals surface area contributed by atoms with E-state index in [2.05, 4.69) is 13.8 Å². The summed E-state index contributed by atoms with van der Waals surface area (Å²) in [4.78, 5) is 0. The summed E-state index contributed by atoms with van der Waals surface area (Å²) in [5.41, 5.74) is 0. The molecule has 0 saturated heterocycles. The van der Waals surface area contributed by atoms with Gasteiger partial charge in [-0.1, -0.05) is 38.4 Å². The van der Waals surface area contributed by atoms with Crippen LogP contribution in [-0.4, -0.2) is 22.2 Å². The van der Waals surface area contributed by atoms with Crippen molar-refractivity contribution in [1.82, 2.24) is 0 Å². The van der Waals surface area contributed by atoms with Crippen molar-refractivity contribution >= 4 is 15.6 Å². The fraction of sp³-hybridized carbons (Fsp3) is 1.00. The van der Waals surface area contributed by atoms with E-state index in [1.54, 1.807) is 0 Å². The molecular weight excluding hydrogens is 139 g/mol. The molecule has 1 nitrogen and oxygen atoms in total. The van der Waals surface area contributed by atoms with Gasteiger partial charge in [-0.3, -0.25) is 0 Å². The molecule has 10 heavy (non-hydrogen) atoms. The average Bonchev–Trinajstić information content (AvgIpc) is 1.97. The predicted octanol–water partition coefficient (Wildman–Crippen LogP) is 2.37. The van der Waals surface area contributed by atoms with E-state index in [1.807, 2.05) is 0 Å². The Hall–Kier alpha value is 0.492. The molecule has 0 rings (SSSR count). The summed E-state index contributed by atoms with van der Waals surface area (Å²) in [6, 6.07) is 0. The minimum Gasteiger partial charge on any atom is -0.503 e. The Kier molecular flexibility index (Phi) is 9.96. The summed E-state index contributed by atoms with van der Waals surface area (Å²) in [5, 5.41) is 1.38. The van der Waals surface area contributed by atoms with Crippen molar-refractivity contribution in [2.45, 2.75) is 44.8 Å². The molecule has 0 N–H and O–H groups in total. The van der Waals surface area contributed by atoms with Crippen LogP contribution in [0, 0.1) is 0 Å². The fourth-order valence-electron chi connectivity index (χ4n) is 0.803. The number of hydrogen-bond acceptors (Lipinski definition) is 1. The molecule has 60 valence electrons. The zero-order chi connectivity index (χ0) is 7.66. The second-order valence-electron chi connectivity index (χ2n) is 2.67. The van der Waals surface area contributed by atoms with Gasteiger partial charge < -0.3 is 3.79 Å². The van der Waals surface area contributed by atoms with E-state index < -0.39 is 0 Å². The van der Waals surface area contributed by atoms with Crippen molar-refractivity contribution in [2.24, 2.45) is 0 Å². The van der Waals surface area contributed by atoms with E-state index in [1.165, 1.54) is 31.0 Å². The van der Waals surface area contributed by atoms with Gasteiger partial charge in [0.25, 0.3) is 0 Å². The molecule has 0 amide bonds. The average molecular weight is 158 g/mol. The third kappa shape index (κ3) is 8.49. The van der Waals surface area contributed by atoms with Crippen LogP contribution in [0.5, 0.6) is 0 Å². The van der Waals surface area contributed by atoms with Crippen molar-refractivity contribution in [2.75, 3.05) is 6.61 Å². The minimum atomic E-state index is -0.120. The van der Waals surface area contributed by atoms with E-state index >= 15 is 0 Å². The van der Waals surface area contributed by atoms with Crippen molar-refractivity contribution in [3.63, 3.8) is 0 Å². The van der Waals surface area contributed by atoms with Crippen molar-refractivity contribution in [3.05, 3.63) is 0 Å². The van der Waals surface area contributed by atoms with Gasteiger partial charge in [0.1, 0.15) is 0 Å². The van der Waals surface area contributed by atoms with Crippen LogP contribution >= 0.6 is 0 Å². The summed E-state index contributed by atoms with van der Waals surface area (Å²) in [6.07, 6.45) is 5.21. The van der Waals surface area contributed by atoms with Crippen LogP contribution in [0.15, 0.2) is 0 Å². The fourth-order valence-corrected chi connectivity index (χ4v) is 2.12. The van der Waals surface area contributed by atoms with E-state index in [9.17, 15) is 0 Å². The third-order valence-electron chi connectivity index (χ3n) is 1.53. The molecule has 0 aromatic rings. The van der Waals surface area contributed by atoms with Gasteiger partial charge in [0.2, 0.25) is 0 Å². The van der Waals surface area contributed by atoms with Crippen molar-refractivity contribution < 1.29 is 3.79 Å². The smallest absolute Gasteiger partial charge is 0.435 e. The van der Waals surface area contributed by atoms with Crippen molar-refractivity contribution in [3.8, 4) is 0 Å². The Morgan fingerprint density at radius 2 is 1.80 bits per heavy atom. The highest BCUT2D eigenvalue weighted by molar-refractivity contribution is 6.26. The Bertz CT molecular complexity index is 49.2. The quantitative estimate of drug-likeness (QED) is 0.408. The first-order valence-corrected chi connectivity index (χ1v) is 6.07. The molecule has 0 bridgehead atoms. The Morgan fingerprint density at radius 1 is 1.10 bits per heavy atom. The van der Waals surface area contributed by atoms with Crippen LogP contribution in [0.25, 0.3) is 0 Å². The van der Waals surface area contributed by atoms with Crippen LogP contribution in [0.1, 0.15) is 39.5 Å². The normalized spacial score (nSPS) is 9.80. The Balaban J connectivity index is 2.65. The SMILES string of the molecule is CCCC[O][AlH][CH2]CCC. The highest BCUT2D eigenvalue weighted by atomic mass is 27.1. The molecule has 0 aliphatic heterocycles. The molecule has 0 aromatic heterocycles. The monoisotopic (exact) mass is 158 g/mol. The van der Waals surface area contributed by atoms with Gasteiger partial charge in [-0.2, -0.15) is 0 Å². The van der Waals surface area contributed by atoms with Crippen LogP contribution in [0.4, 0.5) is 0 Å². The molecule has 0 aliphatic carbocycles. The maximum atomic E-state index is 5.52. The summed E-state index contributed by atoms with van der Waals surface area (Å²) in [5.74, 6) is 0. The molecule has 0 fully saturated rings. The second kappa shape index (κ2) is 9.49. The first-order chi connectivity index (χ1) is 4.91. The van der Waals surface area contributed by atoms with Crippen LogP contribution in [0.2, 0.25) is 5.28 Å². The highest BCUT2D eigenvalue weighted by Gasteiger charge is 1.92. The van der Waals surface area contributed by atoms with Crippen LogP contribution in [-0.2, 0) is 3.79 Å². The molecule has 0 atom stereocenters. The molecule has 0 radical (unpaired) electrons. The first-order valence-electron chi connectivity index (χ1n) is 4.49. The summed E-state index contributed by atoms with van der Waals surface area (Å²) < 4.78 is 5.52. The van der Waals surface area contributed by atoms with E-state index in [0.717, 1.165) is 6.61 Å². The third-order valence-corrected chi connectivity index (χ3v) is 2.90. The molecule has 0 spiro atoms. The van der Waals surface area contributed by atoms with E-state index in [4.69, 9.17) is 3.79 Å². The van der Waals surface area contributed by atoms with Crippen molar-refractivity contribution in [1.29, 1.82) is 0 Å². The van der Waals surface area contributed by atoms with Crippen LogP contribution < -0.4 is 0 Å². The predicted molar refractivity (Wildman–Crippen MR) is 47.7 cm³/mol. The highest BCUT2D eigenvalue weighted by Crippen LogP contribution is 1.94. The van der Waals surface area contributed by atoms with Gasteiger partial charge >= 0.3 is 15.6 Å². The number of unbranched alkanes of at least 4 members (excludes halogenated alkanes) is 2. The van der Waals surface area contributed by atoms with Gasteiger partial charge in [0, 0.05) is 6.61 Å². The number of rotatable bonds is 7. The lowest BCUT2D eigenvalue weighted by molar-refractivity contribution is 0.325. The van der Waals surface area contributed by atoms with Gasteiger partial charge in [-0.05, 0) is 6.42 Å². The maximum absolute atomic E-state index is 5.52. The molecule has 0 heterocycles. The maximum Gasteiger partial charge on any atom is 0.435 e. The van der Waals surface area contributed by atoms with Gasteiger partial charge in [0.15, 0.2) is 0 Å². The van der Waals surface area contributed by atoms with Crippen LogP contribution in [0.3, 0.4) is 0 Å². The summed E-state index contributed by atoms with van der Waals surface area (Å²) in [6.45, 7) is 5.46. The lowest BCUT2D eigenvalue weighted by Gasteiger charge is -1.99. The standard InChI is InChI=1S/C4H9O.C4H9.Al.H/c1-2-3-4-5;1-3-4-2;;/h2-4H2,1H3;1,3-4H2,2H3;;/q-1;;+1;. The van der Waals surface area contributed by atoms with Gasteiger partial charge in [-0.15, -0.1) is 0 Å². The zero-order valence-electron chi connectivity index (χ0n) is 7.36. The largest absolute Gasteiger partial charge is 0.503 e. The zero-order valence-corrected chi connectivity index (χ0v) is 8.77. The topological polar surface area (TPSA) is 9.23 Å². The molecular formula is C8H19AlO. The minimum absolute atomic E-state index is 0.120. The Labute approximate surface area is 71.2 Å². The summed E-state index contributed by atoms with van der Waals surface area (Å²) >= 11 is -0.120. The number of hydrogen-bond donors (Lipinski definition) is 0. The van der Waals surface area contributed by atoms with Gasteiger partial charge in [-0.25, -0.2) is 0 Å². The molecule has 2 heteroatoms. The lowest BCUT2D eigenvalue weighted by atomic mass is 10.4. The molecule has 0 aromatic carbocycles.